The van der Waals surface area contributed by atoms with E-state index in [9.17, 15) is 34.8 Å². The third kappa shape index (κ3) is 7.30. The Morgan fingerprint density at radius 2 is 1.22 bits per heavy atom. The van der Waals surface area contributed by atoms with E-state index >= 15 is 0 Å². The summed E-state index contributed by atoms with van der Waals surface area (Å²) in [6, 6.07) is 26.1. The number of esters is 1. The van der Waals surface area contributed by atoms with Crippen molar-refractivity contribution in [3.63, 3.8) is 0 Å². The Hall–Kier alpha value is -2.91. The lowest BCUT2D eigenvalue weighted by Gasteiger charge is -2.10. The van der Waals surface area contributed by atoms with Crippen LogP contribution in [-0.4, -0.2) is 41.5 Å². The molecule has 0 saturated heterocycles. The zero-order valence-corrected chi connectivity index (χ0v) is 20.7. The first-order valence-electron chi connectivity index (χ1n) is 10.0. The van der Waals surface area contributed by atoms with E-state index in [1.165, 1.54) is 12.1 Å². The highest BCUT2D eigenvalue weighted by atomic mass is 32.3. The highest BCUT2D eigenvalue weighted by Gasteiger charge is 2.48. The van der Waals surface area contributed by atoms with Crippen molar-refractivity contribution in [3.05, 3.63) is 90.5 Å². The van der Waals surface area contributed by atoms with E-state index in [1.807, 2.05) is 60.7 Å². The summed E-state index contributed by atoms with van der Waals surface area (Å²) in [5.74, 6) is -0.835. The molecule has 0 aliphatic rings. The van der Waals surface area contributed by atoms with Gasteiger partial charge in [0.25, 0.3) is 0 Å². The summed E-state index contributed by atoms with van der Waals surface area (Å²) < 4.78 is 90.7. The third-order valence-corrected chi connectivity index (χ3v) is 9.37. The van der Waals surface area contributed by atoms with Crippen molar-refractivity contribution < 1.29 is 43.7 Å². The van der Waals surface area contributed by atoms with E-state index in [0.29, 0.717) is 4.13 Å². The summed E-state index contributed by atoms with van der Waals surface area (Å²) in [5, 5.41) is 0. The van der Waals surface area contributed by atoms with Gasteiger partial charge in [-0.05, 0) is 48.5 Å². The zero-order valence-electron chi connectivity index (χ0n) is 18.2. The van der Waals surface area contributed by atoms with E-state index in [4.69, 9.17) is 4.74 Å². The molecule has 0 radical (unpaired) electrons. The van der Waals surface area contributed by atoms with Crippen LogP contribution in [0.5, 0.6) is 0 Å². The molecular formula is C22H19F3NO7S3+. The van der Waals surface area contributed by atoms with E-state index in [0.717, 1.165) is 14.7 Å². The first-order valence-corrected chi connectivity index (χ1v) is 14.1. The van der Waals surface area contributed by atoms with Gasteiger partial charge in [0.05, 0.1) is 16.5 Å². The summed E-state index contributed by atoms with van der Waals surface area (Å²) in [5.41, 5.74) is -5.70. The number of hydrogen-bond acceptors (Lipinski definition) is 7. The topological polar surface area (TPSA) is 116 Å². The molecule has 0 aromatic heterocycles. The average Bonchev–Trinajstić information content (AvgIpc) is 2.82. The lowest BCUT2D eigenvalue weighted by atomic mass is 10.2. The van der Waals surface area contributed by atoms with Gasteiger partial charge in [-0.15, -0.1) is 0 Å². The quantitative estimate of drug-likeness (QED) is 0.228. The molecule has 14 heteroatoms. The molecule has 0 bridgehead atoms. The zero-order chi connectivity index (χ0) is 26.4. The highest BCUT2D eigenvalue weighted by Crippen LogP contribution is 2.31. The predicted molar refractivity (Wildman–Crippen MR) is 125 cm³/mol. The van der Waals surface area contributed by atoms with Crippen LogP contribution in [0.3, 0.4) is 0 Å². The first-order chi connectivity index (χ1) is 16.9. The molecule has 3 aromatic carbocycles. The molecule has 0 unspecified atom stereocenters. The van der Waals surface area contributed by atoms with Gasteiger partial charge in [0.1, 0.15) is 13.2 Å². The number of carbonyl (C=O) groups is 1. The lowest BCUT2D eigenvalue weighted by Crippen LogP contribution is -2.41. The number of alkyl halides is 3. The van der Waals surface area contributed by atoms with Gasteiger partial charge < -0.3 is 4.74 Å². The van der Waals surface area contributed by atoms with E-state index in [-0.39, 0.29) is 5.56 Å². The number of halogens is 3. The van der Waals surface area contributed by atoms with E-state index in [1.54, 1.807) is 12.1 Å². The fourth-order valence-corrected chi connectivity index (χ4v) is 6.83. The van der Waals surface area contributed by atoms with Crippen molar-refractivity contribution in [2.24, 2.45) is 0 Å². The van der Waals surface area contributed by atoms with Crippen molar-refractivity contribution in [1.82, 2.24) is 4.13 Å². The van der Waals surface area contributed by atoms with Gasteiger partial charge in [0.2, 0.25) is 0 Å². The fourth-order valence-electron chi connectivity index (χ4n) is 2.82. The Morgan fingerprint density at radius 3 is 1.69 bits per heavy atom. The minimum atomic E-state index is -6.17. The largest absolute Gasteiger partial charge is 0.512 e. The molecule has 3 rings (SSSR count). The molecule has 0 aliphatic heterocycles. The second kappa shape index (κ2) is 11.4. The molecule has 0 fully saturated rings. The van der Waals surface area contributed by atoms with Crippen LogP contribution in [-0.2, 0) is 40.1 Å². The Kier molecular flexibility index (Phi) is 8.79. The summed E-state index contributed by atoms with van der Waals surface area (Å²) in [4.78, 5) is 15.3. The molecule has 0 spiro atoms. The highest BCUT2D eigenvalue weighted by molar-refractivity contribution is 8.03. The van der Waals surface area contributed by atoms with Gasteiger partial charge in [0, 0.05) is 0 Å². The second-order valence-electron chi connectivity index (χ2n) is 6.90. The molecular weight excluding hydrogens is 543 g/mol. The smallest absolute Gasteiger partial charge is 0.460 e. The number of hydrogen-bond donors (Lipinski definition) is 1. The molecule has 36 heavy (non-hydrogen) atoms. The van der Waals surface area contributed by atoms with Gasteiger partial charge in [-0.2, -0.15) is 21.6 Å². The predicted octanol–water partition coefficient (Wildman–Crippen LogP) is 3.64. The number of rotatable bonds is 10. The third-order valence-electron chi connectivity index (χ3n) is 4.35. The fraction of sp³-hybridized carbons (Fsp3) is 0.136. The van der Waals surface area contributed by atoms with Crippen LogP contribution in [0.1, 0.15) is 10.4 Å². The van der Waals surface area contributed by atoms with Gasteiger partial charge >= 0.3 is 31.8 Å². The standard InChI is InChI=1S/C22H19F3NO7S3/c23-22(24,25)35(28,29)26-36(30,31)33-16-15-32-21(27)17-11-13-20(14-12-17)34(18-7-3-1-4-8-18)19-9-5-2-6-10-19/h1-14,26H,15-16H2/q+1. The molecule has 0 amide bonds. The van der Waals surface area contributed by atoms with Crippen molar-refractivity contribution in [3.8, 4) is 0 Å². The molecule has 1 N–H and O–H groups in total. The van der Waals surface area contributed by atoms with Crippen LogP contribution in [0, 0.1) is 0 Å². The Morgan fingerprint density at radius 1 is 0.750 bits per heavy atom. The van der Waals surface area contributed by atoms with Crippen LogP contribution >= 0.6 is 0 Å². The second-order valence-corrected chi connectivity index (χ2v) is 12.2. The molecule has 8 nitrogen and oxygen atoms in total. The van der Waals surface area contributed by atoms with Gasteiger partial charge in [-0.25, -0.2) is 13.2 Å². The van der Waals surface area contributed by atoms with Crippen molar-refractivity contribution >= 4 is 37.2 Å². The van der Waals surface area contributed by atoms with Crippen LogP contribution in [0.4, 0.5) is 13.2 Å². The van der Waals surface area contributed by atoms with Gasteiger partial charge in [0.15, 0.2) is 14.7 Å². The number of carbonyl (C=O) groups excluding carboxylic acids is 1. The van der Waals surface area contributed by atoms with Gasteiger partial charge in [-0.3, -0.25) is 4.18 Å². The Bertz CT molecular complexity index is 1340. The summed E-state index contributed by atoms with van der Waals surface area (Å²) in [7, 11) is -11.9. The maximum absolute atomic E-state index is 12.3. The Labute approximate surface area is 208 Å². The van der Waals surface area contributed by atoms with Crippen molar-refractivity contribution in [1.29, 1.82) is 0 Å². The molecule has 192 valence electrons. The molecule has 0 saturated carbocycles. The monoisotopic (exact) mass is 562 g/mol. The molecule has 0 atom stereocenters. The minimum Gasteiger partial charge on any atom is -0.460 e. The maximum atomic E-state index is 12.3. The normalized spacial score (nSPS) is 12.4. The Balaban J connectivity index is 1.62. The van der Waals surface area contributed by atoms with Gasteiger partial charge in [-0.1, -0.05) is 40.5 Å². The summed E-state index contributed by atoms with van der Waals surface area (Å²) in [6.45, 7) is -1.57. The first kappa shape index (κ1) is 27.7. The SMILES string of the molecule is O=C(OCCOS(=O)(=O)NS(=O)(=O)C(F)(F)F)c1ccc([S+](c2ccccc2)c2ccccc2)cc1. The van der Waals surface area contributed by atoms with Crippen molar-refractivity contribution in [2.75, 3.05) is 13.2 Å². The number of nitrogens with one attached hydrogen (secondary N) is 1. The number of benzene rings is 3. The summed E-state index contributed by atoms with van der Waals surface area (Å²) >= 11 is 0. The van der Waals surface area contributed by atoms with Crippen LogP contribution in [0.25, 0.3) is 0 Å². The minimum absolute atomic E-state index is 0.143. The molecule has 0 aliphatic carbocycles. The van der Waals surface area contributed by atoms with E-state index in [2.05, 4.69) is 4.18 Å². The number of ether oxygens (including phenoxy) is 1. The lowest BCUT2D eigenvalue weighted by molar-refractivity contribution is -0.0442. The summed E-state index contributed by atoms with van der Waals surface area (Å²) in [6.07, 6.45) is 0. The molecule has 3 aromatic rings. The van der Waals surface area contributed by atoms with Crippen LogP contribution in [0.2, 0.25) is 0 Å². The maximum Gasteiger partial charge on any atom is 0.512 e. The number of sulfonamides is 1. The average molecular weight is 563 g/mol. The van der Waals surface area contributed by atoms with Crippen molar-refractivity contribution in [2.45, 2.75) is 20.2 Å². The van der Waals surface area contributed by atoms with E-state index < -0.39 is 55.9 Å². The van der Waals surface area contributed by atoms with Crippen LogP contribution < -0.4 is 4.13 Å². The molecule has 0 heterocycles. The van der Waals surface area contributed by atoms with Crippen LogP contribution in [0.15, 0.2) is 99.6 Å².